The maximum absolute atomic E-state index is 12.9. The molecule has 0 atom stereocenters. The minimum Gasteiger partial charge on any atom is -0.345 e. The van der Waals surface area contributed by atoms with Gasteiger partial charge in [-0.05, 0) is 50.0 Å². The molecule has 1 aliphatic heterocycles. The molecule has 1 fully saturated rings. The van der Waals surface area contributed by atoms with Gasteiger partial charge in [-0.3, -0.25) is 9.69 Å². The van der Waals surface area contributed by atoms with Gasteiger partial charge in [-0.15, -0.1) is 0 Å². The summed E-state index contributed by atoms with van der Waals surface area (Å²) in [6, 6.07) is 6.13. The van der Waals surface area contributed by atoms with E-state index >= 15 is 0 Å². The lowest BCUT2D eigenvalue weighted by Gasteiger charge is -2.33. The van der Waals surface area contributed by atoms with Crippen molar-refractivity contribution >= 4 is 5.91 Å². The highest BCUT2D eigenvalue weighted by Gasteiger charge is 2.34. The van der Waals surface area contributed by atoms with Gasteiger partial charge in [0, 0.05) is 19.5 Å². The van der Waals surface area contributed by atoms with Crippen molar-refractivity contribution in [1.82, 2.24) is 9.80 Å². The second-order valence-corrected chi connectivity index (χ2v) is 6.30. The van der Waals surface area contributed by atoms with Crippen molar-refractivity contribution in [2.75, 3.05) is 33.2 Å². The normalized spacial score (nSPS) is 17.0. The Morgan fingerprint density at radius 3 is 2.33 bits per heavy atom. The molecule has 0 bridgehead atoms. The molecule has 0 unspecified atom stereocenters. The summed E-state index contributed by atoms with van der Waals surface area (Å²) in [4.78, 5) is 15.4. The maximum Gasteiger partial charge on any atom is 0.401 e. The van der Waals surface area contributed by atoms with Gasteiger partial charge in [0.15, 0.2) is 0 Å². The quantitative estimate of drug-likeness (QED) is 0.765. The molecule has 0 N–H and O–H groups in total. The Bertz CT molecular complexity index is 537. The van der Waals surface area contributed by atoms with Crippen molar-refractivity contribution in [3.05, 3.63) is 35.6 Å². The van der Waals surface area contributed by atoms with Crippen molar-refractivity contribution in [3.63, 3.8) is 0 Å². The number of piperidine rings is 1. The van der Waals surface area contributed by atoms with E-state index in [0.717, 1.165) is 5.56 Å². The average molecular weight is 346 g/mol. The van der Waals surface area contributed by atoms with Crippen molar-refractivity contribution in [1.29, 1.82) is 0 Å². The molecule has 7 heteroatoms. The number of halogens is 4. The number of carbonyl (C=O) groups excluding carboxylic acids is 1. The summed E-state index contributed by atoms with van der Waals surface area (Å²) in [7, 11) is 1.70. The second kappa shape index (κ2) is 7.96. The summed E-state index contributed by atoms with van der Waals surface area (Å²) in [6.45, 7) is 0.186. The summed E-state index contributed by atoms with van der Waals surface area (Å²) in [5, 5.41) is 0. The monoisotopic (exact) mass is 346 g/mol. The van der Waals surface area contributed by atoms with Gasteiger partial charge in [-0.1, -0.05) is 12.1 Å². The van der Waals surface area contributed by atoms with Crippen LogP contribution in [0.3, 0.4) is 0 Å². The molecule has 0 aromatic heterocycles. The Labute approximate surface area is 139 Å². The highest BCUT2D eigenvalue weighted by molar-refractivity contribution is 5.78. The highest BCUT2D eigenvalue weighted by Crippen LogP contribution is 2.23. The standard InChI is InChI=1S/C17H22F4N2O/c1-22(9-6-13-2-4-15(18)5-3-13)16(24)14-7-10-23(11-8-14)12-17(19,20)21/h2-5,14H,6-12H2,1H3. The number of carbonyl (C=O) groups is 1. The Morgan fingerprint density at radius 1 is 1.21 bits per heavy atom. The van der Waals surface area contributed by atoms with Gasteiger partial charge >= 0.3 is 6.18 Å². The molecule has 1 saturated heterocycles. The van der Waals surface area contributed by atoms with Crippen LogP contribution in [0, 0.1) is 11.7 Å². The summed E-state index contributed by atoms with van der Waals surface area (Å²) in [5.41, 5.74) is 0.941. The third kappa shape index (κ3) is 5.78. The Kier molecular flexibility index (Phi) is 6.21. The van der Waals surface area contributed by atoms with Gasteiger partial charge in [0.2, 0.25) is 5.91 Å². The van der Waals surface area contributed by atoms with E-state index < -0.39 is 12.7 Å². The molecular weight excluding hydrogens is 324 g/mol. The number of likely N-dealkylation sites (N-methyl/N-ethyl adjacent to an activating group) is 1. The molecule has 1 aliphatic rings. The molecule has 0 spiro atoms. The summed E-state index contributed by atoms with van der Waals surface area (Å²) >= 11 is 0. The summed E-state index contributed by atoms with van der Waals surface area (Å²) in [5.74, 6) is -0.537. The van der Waals surface area contributed by atoms with Gasteiger partial charge in [-0.2, -0.15) is 13.2 Å². The third-order valence-electron chi connectivity index (χ3n) is 4.37. The molecule has 3 nitrogen and oxygen atoms in total. The smallest absolute Gasteiger partial charge is 0.345 e. The van der Waals surface area contributed by atoms with E-state index in [1.165, 1.54) is 17.0 Å². The van der Waals surface area contributed by atoms with Gasteiger partial charge in [0.25, 0.3) is 0 Å². The predicted octanol–water partition coefficient (Wildman–Crippen LogP) is 3.10. The Hall–Kier alpha value is -1.63. The first-order chi connectivity index (χ1) is 11.2. The van der Waals surface area contributed by atoms with Crippen LogP contribution in [-0.4, -0.2) is 55.1 Å². The van der Waals surface area contributed by atoms with Crippen molar-refractivity contribution in [3.8, 4) is 0 Å². The molecule has 1 amide bonds. The van der Waals surface area contributed by atoms with E-state index in [1.807, 2.05) is 0 Å². The number of hydrogen-bond acceptors (Lipinski definition) is 2. The maximum atomic E-state index is 12.9. The van der Waals surface area contributed by atoms with Gasteiger partial charge < -0.3 is 4.90 Å². The lowest BCUT2D eigenvalue weighted by atomic mass is 9.95. The lowest BCUT2D eigenvalue weighted by Crippen LogP contribution is -2.44. The molecule has 1 aromatic carbocycles. The molecule has 134 valence electrons. The van der Waals surface area contributed by atoms with Crippen LogP contribution >= 0.6 is 0 Å². The van der Waals surface area contributed by atoms with Gasteiger partial charge in [0.05, 0.1) is 6.54 Å². The Morgan fingerprint density at radius 2 is 1.79 bits per heavy atom. The molecule has 0 aliphatic carbocycles. The number of nitrogens with zero attached hydrogens (tertiary/aromatic N) is 2. The number of amides is 1. The second-order valence-electron chi connectivity index (χ2n) is 6.30. The van der Waals surface area contributed by atoms with E-state index in [-0.39, 0.29) is 17.6 Å². The minimum absolute atomic E-state index is 0.0243. The number of hydrogen-bond donors (Lipinski definition) is 0. The van der Waals surface area contributed by atoms with Crippen LogP contribution in [-0.2, 0) is 11.2 Å². The topological polar surface area (TPSA) is 23.6 Å². The van der Waals surface area contributed by atoms with Crippen molar-refractivity contribution in [2.45, 2.75) is 25.4 Å². The molecule has 24 heavy (non-hydrogen) atoms. The van der Waals surface area contributed by atoms with Gasteiger partial charge in [-0.25, -0.2) is 4.39 Å². The molecule has 1 aromatic rings. The number of likely N-dealkylation sites (tertiary alicyclic amines) is 1. The fourth-order valence-corrected chi connectivity index (χ4v) is 2.96. The van der Waals surface area contributed by atoms with Crippen LogP contribution in [0.1, 0.15) is 18.4 Å². The number of alkyl halides is 3. The van der Waals surface area contributed by atoms with E-state index in [1.54, 1.807) is 24.1 Å². The fourth-order valence-electron chi connectivity index (χ4n) is 2.96. The van der Waals surface area contributed by atoms with E-state index in [4.69, 9.17) is 0 Å². The first-order valence-electron chi connectivity index (χ1n) is 8.03. The van der Waals surface area contributed by atoms with Crippen LogP contribution < -0.4 is 0 Å². The van der Waals surface area contributed by atoms with Crippen LogP contribution in [0.5, 0.6) is 0 Å². The molecule has 0 radical (unpaired) electrons. The first-order valence-corrected chi connectivity index (χ1v) is 8.03. The van der Waals surface area contributed by atoms with Crippen LogP contribution in [0.4, 0.5) is 17.6 Å². The van der Waals surface area contributed by atoms with E-state index in [2.05, 4.69) is 0 Å². The molecule has 2 rings (SSSR count). The molecule has 0 saturated carbocycles. The average Bonchev–Trinajstić information content (AvgIpc) is 2.52. The van der Waals surface area contributed by atoms with E-state index in [9.17, 15) is 22.4 Å². The zero-order valence-corrected chi connectivity index (χ0v) is 13.7. The van der Waals surface area contributed by atoms with Crippen molar-refractivity contribution < 1.29 is 22.4 Å². The largest absolute Gasteiger partial charge is 0.401 e. The minimum atomic E-state index is -4.19. The molecule has 1 heterocycles. The zero-order chi connectivity index (χ0) is 17.7. The Balaban J connectivity index is 1.76. The van der Waals surface area contributed by atoms with Crippen LogP contribution in [0.25, 0.3) is 0 Å². The summed E-state index contributed by atoms with van der Waals surface area (Å²) < 4.78 is 50.0. The predicted molar refractivity (Wildman–Crippen MR) is 83.0 cm³/mol. The van der Waals surface area contributed by atoms with Crippen LogP contribution in [0.15, 0.2) is 24.3 Å². The van der Waals surface area contributed by atoms with Crippen LogP contribution in [0.2, 0.25) is 0 Å². The number of benzene rings is 1. The third-order valence-corrected chi connectivity index (χ3v) is 4.37. The van der Waals surface area contributed by atoms with E-state index in [0.29, 0.717) is 38.9 Å². The summed E-state index contributed by atoms with van der Waals surface area (Å²) in [6.07, 6.45) is -2.66. The lowest BCUT2D eigenvalue weighted by molar-refractivity contribution is -0.150. The fraction of sp³-hybridized carbons (Fsp3) is 0.588. The zero-order valence-electron chi connectivity index (χ0n) is 13.7. The van der Waals surface area contributed by atoms with Crippen molar-refractivity contribution in [2.24, 2.45) is 5.92 Å². The SMILES string of the molecule is CN(CCc1ccc(F)cc1)C(=O)C1CCN(CC(F)(F)F)CC1. The first kappa shape index (κ1) is 18.7. The number of rotatable bonds is 5. The highest BCUT2D eigenvalue weighted by atomic mass is 19.4. The van der Waals surface area contributed by atoms with Gasteiger partial charge in [0.1, 0.15) is 5.82 Å². The molecular formula is C17H22F4N2O.